The van der Waals surface area contributed by atoms with Gasteiger partial charge in [0, 0.05) is 20.3 Å². The molecule has 1 aliphatic rings. The zero-order valence-electron chi connectivity index (χ0n) is 9.34. The van der Waals surface area contributed by atoms with Crippen LogP contribution >= 0.6 is 0 Å². The number of aryl methyl sites for hydroxylation is 1. The van der Waals surface area contributed by atoms with E-state index in [4.69, 9.17) is 0 Å². The van der Waals surface area contributed by atoms with E-state index in [0.29, 0.717) is 23.7 Å². The Hall–Kier alpha value is -2.38. The van der Waals surface area contributed by atoms with Gasteiger partial charge in [-0.2, -0.15) is 10.1 Å². The zero-order valence-corrected chi connectivity index (χ0v) is 9.34. The van der Waals surface area contributed by atoms with Crippen molar-refractivity contribution in [2.45, 2.75) is 6.54 Å². The lowest BCUT2D eigenvalue weighted by atomic mass is 10.5. The van der Waals surface area contributed by atoms with Crippen LogP contribution in [0.1, 0.15) is 0 Å². The van der Waals surface area contributed by atoms with Crippen molar-refractivity contribution >= 4 is 23.3 Å². The fourth-order valence-electron chi connectivity index (χ4n) is 1.94. The van der Waals surface area contributed by atoms with Gasteiger partial charge in [0.1, 0.15) is 0 Å². The van der Waals surface area contributed by atoms with Crippen molar-refractivity contribution < 1.29 is 0 Å². The highest BCUT2D eigenvalue weighted by Crippen LogP contribution is 2.16. The minimum atomic E-state index is -0.390. The molecular weight excluding hydrogens is 224 g/mol. The normalized spacial score (nSPS) is 13.8. The highest BCUT2D eigenvalue weighted by molar-refractivity contribution is 5.77. The lowest BCUT2D eigenvalue weighted by molar-refractivity contribution is 0.704. The Morgan fingerprint density at radius 3 is 2.82 bits per heavy atom. The number of aromatic nitrogens is 4. The topological polar surface area (TPSA) is 86.2 Å². The number of hydrazone groups is 1. The number of imidazole rings is 1. The molecule has 2 aromatic rings. The van der Waals surface area contributed by atoms with Gasteiger partial charge in [0.15, 0.2) is 11.2 Å². The summed E-state index contributed by atoms with van der Waals surface area (Å²) in [5.74, 6) is 0.473. The summed E-state index contributed by atoms with van der Waals surface area (Å²) in [6.07, 6.45) is 1.64. The summed E-state index contributed by atoms with van der Waals surface area (Å²) >= 11 is 0. The Balaban J connectivity index is 2.57. The molecule has 0 saturated heterocycles. The van der Waals surface area contributed by atoms with Gasteiger partial charge >= 0.3 is 5.69 Å². The van der Waals surface area contributed by atoms with E-state index in [2.05, 4.69) is 15.5 Å². The molecule has 0 unspecified atom stereocenters. The van der Waals surface area contributed by atoms with Crippen LogP contribution in [0.15, 0.2) is 14.7 Å². The number of hydrogen-bond donors (Lipinski definition) is 1. The first-order valence-electron chi connectivity index (χ1n) is 5.05. The summed E-state index contributed by atoms with van der Waals surface area (Å²) in [5.41, 5.74) is 2.74. The van der Waals surface area contributed by atoms with Crippen molar-refractivity contribution in [3.63, 3.8) is 0 Å². The monoisotopic (exact) mass is 234 g/mol. The van der Waals surface area contributed by atoms with Crippen LogP contribution in [0.3, 0.4) is 0 Å². The van der Waals surface area contributed by atoms with Gasteiger partial charge < -0.3 is 0 Å². The predicted molar refractivity (Wildman–Crippen MR) is 62.3 cm³/mol. The number of hydrogen-bond acceptors (Lipinski definition) is 5. The van der Waals surface area contributed by atoms with Gasteiger partial charge in [-0.25, -0.2) is 10.2 Å². The summed E-state index contributed by atoms with van der Waals surface area (Å²) in [7, 11) is 3.04. The molecule has 1 aliphatic heterocycles. The van der Waals surface area contributed by atoms with E-state index >= 15 is 0 Å². The number of nitrogens with one attached hydrogen (secondary N) is 1. The minimum Gasteiger partial charge on any atom is -0.297 e. The van der Waals surface area contributed by atoms with Gasteiger partial charge in [-0.3, -0.25) is 18.5 Å². The molecule has 0 saturated carbocycles. The summed E-state index contributed by atoms with van der Waals surface area (Å²) < 4.78 is 4.12. The molecule has 8 nitrogen and oxygen atoms in total. The van der Waals surface area contributed by atoms with E-state index in [1.54, 1.807) is 17.8 Å². The maximum atomic E-state index is 12.1. The summed E-state index contributed by atoms with van der Waals surface area (Å²) in [4.78, 5) is 28.0. The van der Waals surface area contributed by atoms with Gasteiger partial charge in [-0.05, 0) is 0 Å². The molecule has 2 aromatic heterocycles. The first-order chi connectivity index (χ1) is 8.11. The smallest absolute Gasteiger partial charge is 0.297 e. The number of nitrogens with zero attached hydrogens (tertiary/aromatic N) is 5. The molecule has 0 fully saturated rings. The van der Waals surface area contributed by atoms with Crippen LogP contribution in [0.25, 0.3) is 11.2 Å². The molecule has 0 radical (unpaired) electrons. The van der Waals surface area contributed by atoms with Gasteiger partial charge in [-0.15, -0.1) is 0 Å². The average molecular weight is 234 g/mol. The van der Waals surface area contributed by atoms with Crippen molar-refractivity contribution in [1.82, 2.24) is 18.7 Å². The number of rotatable bonds is 0. The van der Waals surface area contributed by atoms with E-state index in [-0.39, 0.29) is 11.2 Å². The molecule has 3 rings (SSSR count). The van der Waals surface area contributed by atoms with E-state index in [1.165, 1.54) is 11.6 Å². The molecule has 0 amide bonds. The first-order valence-corrected chi connectivity index (χ1v) is 5.05. The summed E-state index contributed by atoms with van der Waals surface area (Å²) in [6.45, 7) is 0.465. The molecule has 17 heavy (non-hydrogen) atoms. The number of fused-ring (bicyclic) bond motifs is 3. The van der Waals surface area contributed by atoms with Gasteiger partial charge in [0.05, 0.1) is 6.54 Å². The standard InChI is InChI=1S/C9H10N6O2/c1-13-6-5(7(16)14(2)9(13)17)15-4-3-10-12-8(15)11-6/h3H,4H2,1-2H3,(H,11,12). The Morgan fingerprint density at radius 2 is 2.06 bits per heavy atom. The van der Waals surface area contributed by atoms with E-state index in [0.717, 1.165) is 4.57 Å². The van der Waals surface area contributed by atoms with E-state index in [9.17, 15) is 9.59 Å². The highest BCUT2D eigenvalue weighted by Gasteiger charge is 2.19. The molecule has 88 valence electrons. The maximum Gasteiger partial charge on any atom is 0.332 e. The quantitative estimate of drug-likeness (QED) is 0.623. The zero-order chi connectivity index (χ0) is 12.2. The van der Waals surface area contributed by atoms with Crippen LogP contribution in [-0.4, -0.2) is 24.9 Å². The third kappa shape index (κ3) is 1.11. The Morgan fingerprint density at radius 1 is 1.29 bits per heavy atom. The van der Waals surface area contributed by atoms with Crippen molar-refractivity contribution in [1.29, 1.82) is 0 Å². The van der Waals surface area contributed by atoms with E-state index < -0.39 is 0 Å². The van der Waals surface area contributed by atoms with Crippen molar-refractivity contribution in [2.75, 3.05) is 5.43 Å². The summed E-state index contributed by atoms with van der Waals surface area (Å²) in [5, 5.41) is 3.86. The van der Waals surface area contributed by atoms with Crippen molar-refractivity contribution in [2.24, 2.45) is 19.2 Å². The van der Waals surface area contributed by atoms with Crippen molar-refractivity contribution in [3.05, 3.63) is 20.8 Å². The van der Waals surface area contributed by atoms with Crippen LogP contribution in [0.4, 0.5) is 5.95 Å². The fourth-order valence-corrected chi connectivity index (χ4v) is 1.94. The van der Waals surface area contributed by atoms with Crippen LogP contribution in [-0.2, 0) is 20.6 Å². The Labute approximate surface area is 94.8 Å². The predicted octanol–water partition coefficient (Wildman–Crippen LogP) is -1.15. The van der Waals surface area contributed by atoms with Crippen LogP contribution in [0.5, 0.6) is 0 Å². The number of anilines is 1. The SMILES string of the molecule is Cn1c(=O)c2c(nc3n2CC=NN3)n(C)c1=O. The average Bonchev–Trinajstić information content (AvgIpc) is 2.73. The van der Waals surface area contributed by atoms with Crippen LogP contribution < -0.4 is 16.7 Å². The molecule has 0 bridgehead atoms. The van der Waals surface area contributed by atoms with Gasteiger partial charge in [0.25, 0.3) is 5.56 Å². The third-order valence-corrected chi connectivity index (χ3v) is 2.87. The second-order valence-corrected chi connectivity index (χ2v) is 3.85. The van der Waals surface area contributed by atoms with Gasteiger partial charge in [-0.1, -0.05) is 0 Å². The second kappa shape index (κ2) is 3.06. The van der Waals surface area contributed by atoms with Crippen LogP contribution in [0, 0.1) is 0 Å². The van der Waals surface area contributed by atoms with E-state index in [1.807, 2.05) is 0 Å². The molecule has 0 aliphatic carbocycles. The Bertz CT molecular complexity index is 762. The maximum absolute atomic E-state index is 12.1. The Kier molecular flexibility index (Phi) is 1.77. The third-order valence-electron chi connectivity index (χ3n) is 2.87. The lowest BCUT2D eigenvalue weighted by Gasteiger charge is -2.09. The van der Waals surface area contributed by atoms with Gasteiger partial charge in [0.2, 0.25) is 5.95 Å². The molecule has 0 atom stereocenters. The van der Waals surface area contributed by atoms with Crippen LogP contribution in [0.2, 0.25) is 0 Å². The van der Waals surface area contributed by atoms with Crippen molar-refractivity contribution in [3.8, 4) is 0 Å². The first kappa shape index (κ1) is 9.82. The molecule has 1 N–H and O–H groups in total. The molecule has 3 heterocycles. The molecule has 8 heteroatoms. The highest BCUT2D eigenvalue weighted by atomic mass is 16.2. The molecule has 0 aromatic carbocycles. The minimum absolute atomic E-state index is 0.348. The second-order valence-electron chi connectivity index (χ2n) is 3.85. The fraction of sp³-hybridized carbons (Fsp3) is 0.333. The summed E-state index contributed by atoms with van der Waals surface area (Å²) in [6, 6.07) is 0. The largest absolute Gasteiger partial charge is 0.332 e. The molecule has 0 spiro atoms. The molecular formula is C9H10N6O2. The lowest BCUT2D eigenvalue weighted by Crippen LogP contribution is -2.37.